The SMILES string of the molecule is CC[C@H]1C[C@H]2C[C@@H](C)CC(c3ccc(-c4ccccc4-c4nc(-c5ccccc5)nc(-c5ccc(-c6ccc(C#N)cc6)cc5)n4)cc3)(C2)C1. The Kier molecular flexibility index (Phi) is 8.59. The normalized spacial score (nSPS) is 21.3. The number of benzene rings is 5. The molecule has 0 aliphatic heterocycles. The van der Waals surface area contributed by atoms with Crippen LogP contribution in [0.5, 0.6) is 0 Å². The summed E-state index contributed by atoms with van der Waals surface area (Å²) < 4.78 is 0. The van der Waals surface area contributed by atoms with Gasteiger partial charge in [0, 0.05) is 16.7 Å². The number of aromatic nitrogens is 3. The number of nitrogens with zero attached hydrogens (tertiary/aromatic N) is 4. The van der Waals surface area contributed by atoms with Crippen LogP contribution in [-0.2, 0) is 5.41 Å². The molecule has 2 aliphatic carbocycles. The molecule has 0 N–H and O–H groups in total. The third-order valence-electron chi connectivity index (χ3n) is 11.2. The van der Waals surface area contributed by atoms with E-state index in [1.165, 1.54) is 49.7 Å². The zero-order valence-electron chi connectivity index (χ0n) is 28.9. The predicted octanol–water partition coefficient (Wildman–Crippen LogP) is 11.6. The topological polar surface area (TPSA) is 62.5 Å². The van der Waals surface area contributed by atoms with Crippen molar-refractivity contribution in [1.82, 2.24) is 15.0 Å². The summed E-state index contributed by atoms with van der Waals surface area (Å²) in [6, 6.07) is 46.3. The van der Waals surface area contributed by atoms with Crippen molar-refractivity contribution >= 4 is 0 Å². The largest absolute Gasteiger partial charge is 0.208 e. The molecule has 2 fully saturated rings. The monoisotopic (exact) mass is 650 g/mol. The van der Waals surface area contributed by atoms with E-state index < -0.39 is 0 Å². The van der Waals surface area contributed by atoms with Crippen molar-refractivity contribution in [2.45, 2.75) is 57.8 Å². The summed E-state index contributed by atoms with van der Waals surface area (Å²) in [5.41, 5.74) is 9.76. The van der Waals surface area contributed by atoms with Gasteiger partial charge in [0.15, 0.2) is 17.5 Å². The molecule has 1 heterocycles. The average molecular weight is 651 g/mol. The molecule has 0 spiro atoms. The van der Waals surface area contributed by atoms with Crippen LogP contribution in [0.15, 0.2) is 127 Å². The van der Waals surface area contributed by atoms with Crippen molar-refractivity contribution in [3.8, 4) is 62.5 Å². The van der Waals surface area contributed by atoms with Crippen LogP contribution < -0.4 is 0 Å². The van der Waals surface area contributed by atoms with Gasteiger partial charge < -0.3 is 0 Å². The highest BCUT2D eigenvalue weighted by Gasteiger charge is 2.45. The lowest BCUT2D eigenvalue weighted by Gasteiger charge is -2.51. The lowest BCUT2D eigenvalue weighted by molar-refractivity contribution is 0.0702. The number of hydrogen-bond donors (Lipinski definition) is 0. The summed E-state index contributed by atoms with van der Waals surface area (Å²) in [6.45, 7) is 4.85. The van der Waals surface area contributed by atoms with E-state index in [-0.39, 0.29) is 0 Å². The van der Waals surface area contributed by atoms with Gasteiger partial charge >= 0.3 is 0 Å². The molecule has 1 aromatic heterocycles. The molecule has 2 saturated carbocycles. The van der Waals surface area contributed by atoms with E-state index in [1.54, 1.807) is 0 Å². The van der Waals surface area contributed by atoms with E-state index in [9.17, 15) is 5.26 Å². The zero-order chi connectivity index (χ0) is 34.1. The van der Waals surface area contributed by atoms with Gasteiger partial charge in [-0.1, -0.05) is 136 Å². The molecular formula is C46H42N4. The van der Waals surface area contributed by atoms with Crippen LogP contribution in [0.25, 0.3) is 56.4 Å². The third kappa shape index (κ3) is 6.25. The van der Waals surface area contributed by atoms with Gasteiger partial charge in [-0.25, -0.2) is 15.0 Å². The van der Waals surface area contributed by atoms with Crippen molar-refractivity contribution < 1.29 is 0 Å². The van der Waals surface area contributed by atoms with Crippen LogP contribution in [0.4, 0.5) is 0 Å². The molecule has 6 aromatic rings. The molecule has 0 radical (unpaired) electrons. The molecule has 8 rings (SSSR count). The van der Waals surface area contributed by atoms with Crippen molar-refractivity contribution in [3.05, 3.63) is 139 Å². The predicted molar refractivity (Wildman–Crippen MR) is 203 cm³/mol. The molecule has 2 aliphatic rings. The van der Waals surface area contributed by atoms with Crippen LogP contribution in [0.1, 0.15) is 63.5 Å². The van der Waals surface area contributed by atoms with E-state index in [2.05, 4.69) is 92.7 Å². The van der Waals surface area contributed by atoms with Crippen LogP contribution in [0.3, 0.4) is 0 Å². The molecule has 0 amide bonds. The summed E-state index contributed by atoms with van der Waals surface area (Å²) in [5.74, 6) is 4.43. The van der Waals surface area contributed by atoms with E-state index in [1.807, 2.05) is 54.6 Å². The Morgan fingerprint density at radius 1 is 0.580 bits per heavy atom. The summed E-state index contributed by atoms with van der Waals surface area (Å²) in [4.78, 5) is 15.2. The fourth-order valence-electron chi connectivity index (χ4n) is 8.98. The highest BCUT2D eigenvalue weighted by atomic mass is 15.0. The molecule has 50 heavy (non-hydrogen) atoms. The van der Waals surface area contributed by atoms with Crippen LogP contribution >= 0.6 is 0 Å². The third-order valence-corrected chi connectivity index (χ3v) is 11.2. The van der Waals surface area contributed by atoms with Gasteiger partial charge in [-0.3, -0.25) is 0 Å². The Hall–Kier alpha value is -5.40. The van der Waals surface area contributed by atoms with Gasteiger partial charge in [-0.15, -0.1) is 0 Å². The van der Waals surface area contributed by atoms with Gasteiger partial charge in [0.1, 0.15) is 0 Å². The highest BCUT2D eigenvalue weighted by molar-refractivity contribution is 5.82. The second-order valence-electron chi connectivity index (χ2n) is 14.7. The minimum Gasteiger partial charge on any atom is -0.208 e. The fourth-order valence-corrected chi connectivity index (χ4v) is 8.98. The van der Waals surface area contributed by atoms with Crippen molar-refractivity contribution in [2.24, 2.45) is 17.8 Å². The summed E-state index contributed by atoms with van der Waals surface area (Å²) in [7, 11) is 0. The molecule has 1 unspecified atom stereocenters. The Morgan fingerprint density at radius 3 is 1.80 bits per heavy atom. The number of rotatable bonds is 7. The minimum atomic E-state index is 0.308. The lowest BCUT2D eigenvalue weighted by Crippen LogP contribution is -2.42. The molecule has 4 heteroatoms. The van der Waals surface area contributed by atoms with Crippen LogP contribution in [-0.4, -0.2) is 15.0 Å². The Balaban J connectivity index is 1.17. The maximum absolute atomic E-state index is 9.20. The second kappa shape index (κ2) is 13.5. The zero-order valence-corrected chi connectivity index (χ0v) is 28.9. The van der Waals surface area contributed by atoms with E-state index in [0.29, 0.717) is 28.5 Å². The first-order valence-electron chi connectivity index (χ1n) is 18.1. The molecule has 5 aromatic carbocycles. The first-order chi connectivity index (χ1) is 24.5. The Bertz CT molecular complexity index is 2140. The molecule has 4 nitrogen and oxygen atoms in total. The molecular weight excluding hydrogens is 609 g/mol. The van der Waals surface area contributed by atoms with Crippen LogP contribution in [0, 0.1) is 29.1 Å². The quantitative estimate of drug-likeness (QED) is 0.172. The molecule has 4 atom stereocenters. The van der Waals surface area contributed by atoms with Gasteiger partial charge in [-0.2, -0.15) is 5.26 Å². The standard InChI is InChI=1S/C46H42N4/c1-3-32-26-34-25-31(2)27-46(28-32,29-34)40-23-21-37(22-24-40)41-11-7-8-12-42(41)45-49-43(38-9-5-4-6-10-38)48-44(50-45)39-19-17-36(18-20-39)35-15-13-33(30-47)14-16-35/h4-24,31-32,34H,3,25-29H2,1-2H3/t31-,32+,34-,46?/m1/s1. The maximum atomic E-state index is 9.20. The number of hydrogen-bond acceptors (Lipinski definition) is 4. The first kappa shape index (κ1) is 31.8. The minimum absolute atomic E-state index is 0.308. The van der Waals surface area contributed by atoms with Gasteiger partial charge in [0.25, 0.3) is 0 Å². The molecule has 0 saturated heterocycles. The Labute approximate surface area is 296 Å². The highest BCUT2D eigenvalue weighted by Crippen LogP contribution is 2.55. The van der Waals surface area contributed by atoms with Crippen molar-refractivity contribution in [3.63, 3.8) is 0 Å². The summed E-state index contributed by atoms with van der Waals surface area (Å²) in [5, 5.41) is 9.20. The first-order valence-corrected chi connectivity index (χ1v) is 18.1. The van der Waals surface area contributed by atoms with E-state index in [4.69, 9.17) is 15.0 Å². The van der Waals surface area contributed by atoms with Gasteiger partial charge in [-0.05, 0) is 95.2 Å². The number of fused-ring (bicyclic) bond motifs is 2. The van der Waals surface area contributed by atoms with Crippen molar-refractivity contribution in [2.75, 3.05) is 0 Å². The van der Waals surface area contributed by atoms with Crippen LogP contribution in [0.2, 0.25) is 0 Å². The number of nitriles is 1. The average Bonchev–Trinajstić information content (AvgIpc) is 3.17. The fraction of sp³-hybridized carbons (Fsp3) is 0.261. The lowest BCUT2D eigenvalue weighted by atomic mass is 9.54. The van der Waals surface area contributed by atoms with Gasteiger partial charge in [0.2, 0.25) is 0 Å². The van der Waals surface area contributed by atoms with Crippen molar-refractivity contribution in [1.29, 1.82) is 5.26 Å². The second-order valence-corrected chi connectivity index (χ2v) is 14.7. The smallest absolute Gasteiger partial charge is 0.164 e. The Morgan fingerprint density at radius 2 is 1.14 bits per heavy atom. The van der Waals surface area contributed by atoms with E-state index >= 15 is 0 Å². The maximum Gasteiger partial charge on any atom is 0.164 e. The summed E-state index contributed by atoms with van der Waals surface area (Å²) in [6.07, 6.45) is 8.06. The summed E-state index contributed by atoms with van der Waals surface area (Å²) >= 11 is 0. The molecule has 2 bridgehead atoms. The van der Waals surface area contributed by atoms with Gasteiger partial charge in [0.05, 0.1) is 11.6 Å². The van der Waals surface area contributed by atoms with E-state index in [0.717, 1.165) is 51.1 Å². The molecule has 246 valence electrons.